The molecule has 3 aromatic rings. The van der Waals surface area contributed by atoms with Crippen LogP contribution in [0.5, 0.6) is 0 Å². The average Bonchev–Trinajstić information content (AvgIpc) is 3.08. The molecule has 0 bridgehead atoms. The van der Waals surface area contributed by atoms with Gasteiger partial charge in [0.15, 0.2) is 0 Å². The van der Waals surface area contributed by atoms with Gasteiger partial charge >= 0.3 is 12.1 Å². The molecule has 4 rings (SSSR count). The molecule has 0 spiro atoms. The minimum absolute atomic E-state index is 0.103. The number of methoxy groups -OCH3 is 1. The first-order valence-electron chi connectivity index (χ1n) is 9.53. The highest BCUT2D eigenvalue weighted by Gasteiger charge is 2.42. The first-order valence-corrected chi connectivity index (χ1v) is 9.91. The number of aliphatic carboxylic acids is 1. The summed E-state index contributed by atoms with van der Waals surface area (Å²) in [6, 6.07) is 20.8. The fraction of sp³-hybridized carbons (Fsp3) is 0.167. The van der Waals surface area contributed by atoms with E-state index in [0.29, 0.717) is 5.02 Å². The van der Waals surface area contributed by atoms with Gasteiger partial charge in [0.2, 0.25) is 0 Å². The Hall–Kier alpha value is -3.31. The Bertz CT molecular complexity index is 1070. The minimum Gasteiger partial charge on any atom is -0.480 e. The van der Waals surface area contributed by atoms with Gasteiger partial charge in [-0.25, -0.2) is 9.59 Å². The molecule has 6 heteroatoms. The summed E-state index contributed by atoms with van der Waals surface area (Å²) in [7, 11) is 1.26. The molecule has 0 fully saturated rings. The molecule has 0 aromatic heterocycles. The molecule has 1 aliphatic rings. The second kappa shape index (κ2) is 8.20. The predicted molar refractivity (Wildman–Crippen MR) is 115 cm³/mol. The molecule has 5 nitrogen and oxygen atoms in total. The standard InChI is InChI=1S/C24H20ClNO4/c1-30-24(29)26(21(23(27)28)14-15-7-6-8-16(25)13-15)22-19-11-4-2-9-17(19)18-10-3-5-12-20(18)22/h2-13,21-22H,14H2,1H3,(H,27,28)/t21-/m1/s1. The number of ether oxygens (including phenoxy) is 1. The van der Waals surface area contributed by atoms with E-state index in [1.807, 2.05) is 48.5 Å². The van der Waals surface area contributed by atoms with Crippen molar-refractivity contribution in [2.24, 2.45) is 0 Å². The maximum absolute atomic E-state index is 12.9. The Labute approximate surface area is 179 Å². The van der Waals surface area contributed by atoms with E-state index in [4.69, 9.17) is 16.3 Å². The average molecular weight is 422 g/mol. The summed E-state index contributed by atoms with van der Waals surface area (Å²) in [6.07, 6.45) is -0.591. The van der Waals surface area contributed by atoms with Crippen LogP contribution in [0.1, 0.15) is 22.7 Å². The second-order valence-corrected chi connectivity index (χ2v) is 7.58. The van der Waals surface area contributed by atoms with Crippen LogP contribution in [0.3, 0.4) is 0 Å². The third-order valence-corrected chi connectivity index (χ3v) is 5.64. The predicted octanol–water partition coefficient (Wildman–Crippen LogP) is 5.17. The van der Waals surface area contributed by atoms with Crippen LogP contribution in [0, 0.1) is 0 Å². The summed E-state index contributed by atoms with van der Waals surface area (Å²) in [6.45, 7) is 0. The Balaban J connectivity index is 1.84. The van der Waals surface area contributed by atoms with Crippen molar-refractivity contribution in [2.75, 3.05) is 7.11 Å². The molecule has 0 aliphatic heterocycles. The number of carboxylic acid groups (broad SMARTS) is 1. The van der Waals surface area contributed by atoms with Crippen molar-refractivity contribution in [1.82, 2.24) is 4.90 Å². The smallest absolute Gasteiger partial charge is 0.411 e. The van der Waals surface area contributed by atoms with Crippen LogP contribution in [0.25, 0.3) is 11.1 Å². The number of carbonyl (C=O) groups excluding carboxylic acids is 1. The SMILES string of the molecule is COC(=O)N(C1c2ccccc2-c2ccccc21)[C@H](Cc1cccc(Cl)c1)C(=O)O. The van der Waals surface area contributed by atoms with Crippen LogP contribution in [0.15, 0.2) is 72.8 Å². The number of fused-ring (bicyclic) bond motifs is 3. The van der Waals surface area contributed by atoms with E-state index in [1.165, 1.54) is 12.0 Å². The lowest BCUT2D eigenvalue weighted by Crippen LogP contribution is -2.48. The van der Waals surface area contributed by atoms with Gasteiger partial charge in [-0.05, 0) is 39.9 Å². The summed E-state index contributed by atoms with van der Waals surface area (Å²) in [4.78, 5) is 26.6. The van der Waals surface area contributed by atoms with Gasteiger partial charge in [-0.15, -0.1) is 0 Å². The Morgan fingerprint density at radius 1 is 1.00 bits per heavy atom. The van der Waals surface area contributed by atoms with Crippen LogP contribution < -0.4 is 0 Å². The number of hydrogen-bond acceptors (Lipinski definition) is 3. The zero-order valence-corrected chi connectivity index (χ0v) is 17.0. The summed E-state index contributed by atoms with van der Waals surface area (Å²) >= 11 is 6.09. The van der Waals surface area contributed by atoms with Gasteiger partial charge < -0.3 is 9.84 Å². The third-order valence-electron chi connectivity index (χ3n) is 5.40. The Morgan fingerprint density at radius 2 is 1.60 bits per heavy atom. The van der Waals surface area contributed by atoms with Crippen molar-refractivity contribution in [3.05, 3.63) is 94.5 Å². The van der Waals surface area contributed by atoms with E-state index in [1.54, 1.807) is 24.3 Å². The van der Waals surface area contributed by atoms with E-state index in [-0.39, 0.29) is 6.42 Å². The van der Waals surface area contributed by atoms with Gasteiger partial charge in [0, 0.05) is 11.4 Å². The molecule has 1 N–H and O–H groups in total. The molecular formula is C24H20ClNO4. The molecule has 1 amide bonds. The van der Waals surface area contributed by atoms with E-state index >= 15 is 0 Å². The number of carboxylic acids is 1. The number of halogens is 1. The summed E-state index contributed by atoms with van der Waals surface area (Å²) in [5, 5.41) is 10.6. The van der Waals surface area contributed by atoms with E-state index < -0.39 is 24.1 Å². The number of hydrogen-bond donors (Lipinski definition) is 1. The first kappa shape index (κ1) is 20.0. The number of nitrogens with zero attached hydrogens (tertiary/aromatic N) is 1. The molecule has 1 aliphatic carbocycles. The fourth-order valence-corrected chi connectivity index (χ4v) is 4.35. The highest BCUT2D eigenvalue weighted by Crippen LogP contribution is 2.47. The largest absolute Gasteiger partial charge is 0.480 e. The molecule has 1 atom stereocenters. The monoisotopic (exact) mass is 421 g/mol. The van der Waals surface area contributed by atoms with Gasteiger partial charge in [-0.2, -0.15) is 0 Å². The minimum atomic E-state index is -1.14. The molecule has 0 unspecified atom stereocenters. The topological polar surface area (TPSA) is 66.8 Å². The molecule has 30 heavy (non-hydrogen) atoms. The van der Waals surface area contributed by atoms with Crippen LogP contribution in [-0.4, -0.2) is 35.2 Å². The number of carbonyl (C=O) groups is 2. The molecule has 152 valence electrons. The second-order valence-electron chi connectivity index (χ2n) is 7.14. The Kier molecular flexibility index (Phi) is 5.46. The van der Waals surface area contributed by atoms with Crippen molar-refractivity contribution in [2.45, 2.75) is 18.5 Å². The summed E-state index contributed by atoms with van der Waals surface area (Å²) in [5.74, 6) is -1.11. The molecule has 0 radical (unpaired) electrons. The molecule has 0 saturated carbocycles. The van der Waals surface area contributed by atoms with E-state index in [9.17, 15) is 14.7 Å². The molecule has 3 aromatic carbocycles. The van der Waals surface area contributed by atoms with Crippen molar-refractivity contribution < 1.29 is 19.4 Å². The molecule has 0 heterocycles. The highest BCUT2D eigenvalue weighted by molar-refractivity contribution is 6.30. The quantitative estimate of drug-likeness (QED) is 0.616. The first-order chi connectivity index (χ1) is 14.5. The fourth-order valence-electron chi connectivity index (χ4n) is 4.14. The number of amides is 1. The zero-order chi connectivity index (χ0) is 21.3. The summed E-state index contributed by atoms with van der Waals surface area (Å²) in [5.41, 5.74) is 4.45. The van der Waals surface area contributed by atoms with Crippen LogP contribution in [0.4, 0.5) is 4.79 Å². The lowest BCUT2D eigenvalue weighted by Gasteiger charge is -2.34. The van der Waals surface area contributed by atoms with Crippen molar-refractivity contribution >= 4 is 23.7 Å². The van der Waals surface area contributed by atoms with Crippen molar-refractivity contribution in [3.8, 4) is 11.1 Å². The van der Waals surface area contributed by atoms with E-state index in [2.05, 4.69) is 0 Å². The summed E-state index contributed by atoms with van der Waals surface area (Å²) < 4.78 is 5.04. The van der Waals surface area contributed by atoms with Crippen molar-refractivity contribution in [1.29, 1.82) is 0 Å². The normalized spacial score (nSPS) is 13.3. The number of rotatable bonds is 5. The van der Waals surface area contributed by atoms with Crippen LogP contribution >= 0.6 is 11.6 Å². The lowest BCUT2D eigenvalue weighted by molar-refractivity contribution is -0.143. The van der Waals surface area contributed by atoms with Gasteiger partial charge in [-0.3, -0.25) is 4.90 Å². The van der Waals surface area contributed by atoms with Crippen LogP contribution in [0.2, 0.25) is 5.02 Å². The maximum atomic E-state index is 12.9. The van der Waals surface area contributed by atoms with Crippen molar-refractivity contribution in [3.63, 3.8) is 0 Å². The zero-order valence-electron chi connectivity index (χ0n) is 16.3. The van der Waals surface area contributed by atoms with Crippen LogP contribution in [-0.2, 0) is 16.0 Å². The third kappa shape index (κ3) is 3.53. The Morgan fingerprint density at radius 3 is 2.13 bits per heavy atom. The maximum Gasteiger partial charge on any atom is 0.411 e. The molecular weight excluding hydrogens is 402 g/mol. The van der Waals surface area contributed by atoms with Gasteiger partial charge in [0.25, 0.3) is 0 Å². The van der Waals surface area contributed by atoms with Gasteiger partial charge in [0.1, 0.15) is 6.04 Å². The van der Waals surface area contributed by atoms with E-state index in [0.717, 1.165) is 27.8 Å². The van der Waals surface area contributed by atoms with Gasteiger partial charge in [-0.1, -0.05) is 72.3 Å². The lowest BCUT2D eigenvalue weighted by atomic mass is 9.98. The number of benzene rings is 3. The van der Waals surface area contributed by atoms with Gasteiger partial charge in [0.05, 0.1) is 13.2 Å². The highest BCUT2D eigenvalue weighted by atomic mass is 35.5. The molecule has 0 saturated heterocycles.